The van der Waals surface area contributed by atoms with Crippen LogP contribution in [0.5, 0.6) is 5.75 Å². The summed E-state index contributed by atoms with van der Waals surface area (Å²) >= 11 is 0. The summed E-state index contributed by atoms with van der Waals surface area (Å²) in [5.41, 5.74) is 1.03. The van der Waals surface area contributed by atoms with Crippen LogP contribution in [0.25, 0.3) is 0 Å². The molecule has 120 valence electrons. The van der Waals surface area contributed by atoms with Gasteiger partial charge in [-0.2, -0.15) is 0 Å². The number of aryl methyl sites for hydroxylation is 1. The third-order valence-electron chi connectivity index (χ3n) is 3.49. The highest BCUT2D eigenvalue weighted by Gasteiger charge is 2.17. The van der Waals surface area contributed by atoms with Crippen LogP contribution in [0.15, 0.2) is 36.5 Å². The van der Waals surface area contributed by atoms with Gasteiger partial charge in [-0.25, -0.2) is 9.97 Å². The van der Waals surface area contributed by atoms with E-state index in [1.807, 2.05) is 19.1 Å². The first-order valence-electron chi connectivity index (χ1n) is 7.66. The Morgan fingerprint density at radius 1 is 1.39 bits per heavy atom. The Balaban J connectivity index is 1.72. The maximum absolute atomic E-state index is 12.3. The van der Waals surface area contributed by atoms with Crippen molar-refractivity contribution in [1.29, 1.82) is 0 Å². The number of pyridine rings is 2. The molecular formula is C17H19N3O3. The van der Waals surface area contributed by atoms with E-state index in [0.717, 1.165) is 25.1 Å². The van der Waals surface area contributed by atoms with Crippen LogP contribution in [0.1, 0.15) is 29.0 Å². The standard InChI is InChI=1S/C17H19N3O3/c1-12-9-14(23-13-5-4-8-22-11-13)10-15(19-12)17(21)20-16-6-2-3-7-18-16/h2-3,6-7,9-10,13H,4-5,8,11H2,1H3,(H,18,20,21)/t13-/m1/s1. The van der Waals surface area contributed by atoms with Crippen LogP contribution >= 0.6 is 0 Å². The Kier molecular flexibility index (Phi) is 4.83. The van der Waals surface area contributed by atoms with Crippen molar-refractivity contribution in [3.63, 3.8) is 0 Å². The average molecular weight is 313 g/mol. The van der Waals surface area contributed by atoms with E-state index in [2.05, 4.69) is 15.3 Å². The molecule has 2 aromatic heterocycles. The van der Waals surface area contributed by atoms with Crippen molar-refractivity contribution >= 4 is 11.7 Å². The number of anilines is 1. The minimum Gasteiger partial charge on any atom is -0.488 e. The summed E-state index contributed by atoms with van der Waals surface area (Å²) < 4.78 is 11.3. The zero-order valence-electron chi connectivity index (χ0n) is 13.0. The summed E-state index contributed by atoms with van der Waals surface area (Å²) in [6.45, 7) is 3.20. The molecule has 3 rings (SSSR count). The highest BCUT2D eigenvalue weighted by Crippen LogP contribution is 2.19. The molecule has 0 aromatic carbocycles. The first kappa shape index (κ1) is 15.4. The molecule has 1 aliphatic rings. The van der Waals surface area contributed by atoms with Gasteiger partial charge in [0.2, 0.25) is 0 Å². The second kappa shape index (κ2) is 7.19. The van der Waals surface area contributed by atoms with Crippen LogP contribution < -0.4 is 10.1 Å². The molecule has 1 atom stereocenters. The highest BCUT2D eigenvalue weighted by molar-refractivity contribution is 6.02. The van der Waals surface area contributed by atoms with Crippen molar-refractivity contribution in [2.24, 2.45) is 0 Å². The second-order valence-electron chi connectivity index (χ2n) is 5.46. The predicted molar refractivity (Wildman–Crippen MR) is 85.6 cm³/mol. The Morgan fingerprint density at radius 2 is 2.30 bits per heavy atom. The smallest absolute Gasteiger partial charge is 0.275 e. The molecule has 1 aliphatic heterocycles. The van der Waals surface area contributed by atoms with Gasteiger partial charge >= 0.3 is 0 Å². The summed E-state index contributed by atoms with van der Waals surface area (Å²) in [4.78, 5) is 20.7. The molecule has 1 N–H and O–H groups in total. The van der Waals surface area contributed by atoms with E-state index in [9.17, 15) is 4.79 Å². The molecule has 0 saturated carbocycles. The summed E-state index contributed by atoms with van der Waals surface area (Å²) in [6, 6.07) is 8.80. The number of carbonyl (C=O) groups is 1. The number of hydrogen-bond acceptors (Lipinski definition) is 5. The first-order valence-corrected chi connectivity index (χ1v) is 7.66. The first-order chi connectivity index (χ1) is 11.2. The molecule has 0 spiro atoms. The zero-order valence-corrected chi connectivity index (χ0v) is 13.0. The van der Waals surface area contributed by atoms with Crippen LogP contribution in [0.3, 0.4) is 0 Å². The lowest BCUT2D eigenvalue weighted by atomic mass is 10.2. The fraction of sp³-hybridized carbons (Fsp3) is 0.353. The van der Waals surface area contributed by atoms with Gasteiger partial charge in [0.1, 0.15) is 23.4 Å². The van der Waals surface area contributed by atoms with Crippen molar-refractivity contribution in [3.05, 3.63) is 47.9 Å². The molecule has 0 unspecified atom stereocenters. The summed E-state index contributed by atoms with van der Waals surface area (Å²) in [6.07, 6.45) is 3.59. The summed E-state index contributed by atoms with van der Waals surface area (Å²) in [5, 5.41) is 2.72. The van der Waals surface area contributed by atoms with E-state index < -0.39 is 0 Å². The maximum atomic E-state index is 12.3. The molecule has 23 heavy (non-hydrogen) atoms. The monoisotopic (exact) mass is 313 g/mol. The van der Waals surface area contributed by atoms with Crippen LogP contribution in [-0.4, -0.2) is 35.2 Å². The molecule has 0 radical (unpaired) electrons. The van der Waals surface area contributed by atoms with Crippen molar-refractivity contribution in [2.75, 3.05) is 18.5 Å². The molecular weight excluding hydrogens is 294 g/mol. The van der Waals surface area contributed by atoms with Crippen molar-refractivity contribution in [2.45, 2.75) is 25.9 Å². The molecule has 0 aliphatic carbocycles. The van der Waals surface area contributed by atoms with Gasteiger partial charge in [0, 0.05) is 30.6 Å². The highest BCUT2D eigenvalue weighted by atomic mass is 16.5. The Labute approximate surface area is 134 Å². The summed E-state index contributed by atoms with van der Waals surface area (Å²) in [7, 11) is 0. The van der Waals surface area contributed by atoms with Crippen molar-refractivity contribution < 1.29 is 14.3 Å². The van der Waals surface area contributed by atoms with E-state index in [4.69, 9.17) is 9.47 Å². The largest absolute Gasteiger partial charge is 0.488 e. The van der Waals surface area contributed by atoms with Gasteiger partial charge in [-0.15, -0.1) is 0 Å². The topological polar surface area (TPSA) is 73.3 Å². The zero-order chi connectivity index (χ0) is 16.1. The number of ether oxygens (including phenoxy) is 2. The number of amides is 1. The minimum atomic E-state index is -0.308. The molecule has 3 heterocycles. The van der Waals surface area contributed by atoms with Crippen molar-refractivity contribution in [3.8, 4) is 5.75 Å². The number of nitrogens with one attached hydrogen (secondary N) is 1. The normalized spacial score (nSPS) is 17.5. The number of hydrogen-bond donors (Lipinski definition) is 1. The van der Waals surface area contributed by atoms with Crippen LogP contribution in [0.4, 0.5) is 5.82 Å². The molecule has 6 nitrogen and oxygen atoms in total. The van der Waals surface area contributed by atoms with Crippen molar-refractivity contribution in [1.82, 2.24) is 9.97 Å². The van der Waals surface area contributed by atoms with E-state index in [-0.39, 0.29) is 12.0 Å². The molecule has 1 amide bonds. The molecule has 6 heteroatoms. The van der Waals surface area contributed by atoms with Crippen LogP contribution in [-0.2, 0) is 4.74 Å². The van der Waals surface area contributed by atoms with Crippen LogP contribution in [0, 0.1) is 6.92 Å². The molecule has 1 fully saturated rings. The number of rotatable bonds is 4. The quantitative estimate of drug-likeness (QED) is 0.939. The third-order valence-corrected chi connectivity index (χ3v) is 3.49. The number of nitrogens with zero attached hydrogens (tertiary/aromatic N) is 2. The lowest BCUT2D eigenvalue weighted by molar-refractivity contribution is 0.00734. The second-order valence-corrected chi connectivity index (χ2v) is 5.46. The fourth-order valence-corrected chi connectivity index (χ4v) is 2.43. The van der Waals surface area contributed by atoms with E-state index in [1.54, 1.807) is 24.4 Å². The lowest BCUT2D eigenvalue weighted by Crippen LogP contribution is -2.28. The minimum absolute atomic E-state index is 0.0252. The summed E-state index contributed by atoms with van der Waals surface area (Å²) in [5.74, 6) is 0.820. The molecule has 0 bridgehead atoms. The van der Waals surface area contributed by atoms with Gasteiger partial charge in [0.25, 0.3) is 5.91 Å². The van der Waals surface area contributed by atoms with Crippen LogP contribution in [0.2, 0.25) is 0 Å². The Bertz CT molecular complexity index is 670. The predicted octanol–water partition coefficient (Wildman–Crippen LogP) is 2.60. The average Bonchev–Trinajstić information content (AvgIpc) is 2.56. The van der Waals surface area contributed by atoms with Gasteiger partial charge in [-0.05, 0) is 31.9 Å². The van der Waals surface area contributed by atoms with Gasteiger partial charge in [0.15, 0.2) is 0 Å². The number of aromatic nitrogens is 2. The molecule has 1 saturated heterocycles. The van der Waals surface area contributed by atoms with E-state index >= 15 is 0 Å². The van der Waals surface area contributed by atoms with Gasteiger partial charge in [-0.3, -0.25) is 4.79 Å². The van der Waals surface area contributed by atoms with Gasteiger partial charge < -0.3 is 14.8 Å². The van der Waals surface area contributed by atoms with E-state index in [1.165, 1.54) is 0 Å². The van der Waals surface area contributed by atoms with Gasteiger partial charge in [-0.1, -0.05) is 6.07 Å². The molecule has 2 aromatic rings. The lowest BCUT2D eigenvalue weighted by Gasteiger charge is -2.23. The number of carbonyl (C=O) groups excluding carboxylic acids is 1. The fourth-order valence-electron chi connectivity index (χ4n) is 2.43. The van der Waals surface area contributed by atoms with E-state index in [0.29, 0.717) is 23.9 Å². The maximum Gasteiger partial charge on any atom is 0.275 e. The SMILES string of the molecule is Cc1cc(O[C@@H]2CCCOC2)cc(C(=O)Nc2ccccn2)n1. The van der Waals surface area contributed by atoms with Gasteiger partial charge in [0.05, 0.1) is 6.61 Å². The Hall–Kier alpha value is -2.47. The third kappa shape index (κ3) is 4.26. The Morgan fingerprint density at radius 3 is 3.04 bits per heavy atom.